The first-order valence-corrected chi connectivity index (χ1v) is 6.00. The van der Waals surface area contributed by atoms with Gasteiger partial charge in [0.2, 0.25) is 0 Å². The van der Waals surface area contributed by atoms with Gasteiger partial charge in [0.1, 0.15) is 0 Å². The van der Waals surface area contributed by atoms with Gasteiger partial charge in [-0.3, -0.25) is 25.3 Å². The van der Waals surface area contributed by atoms with E-state index >= 15 is 0 Å². The van der Waals surface area contributed by atoms with Crippen molar-refractivity contribution < 1.29 is 132 Å². The van der Waals surface area contributed by atoms with E-state index in [1.54, 1.807) is 0 Å². The largest absolute Gasteiger partial charge is 3.00 e. The molecule has 0 aromatic heterocycles. The maximum atomic E-state index is 8.52. The van der Waals surface area contributed by atoms with Gasteiger partial charge < -0.3 is 54.7 Å². The van der Waals surface area contributed by atoms with Crippen molar-refractivity contribution in [2.45, 2.75) is 0 Å². The molecule has 0 saturated heterocycles. The summed E-state index contributed by atoms with van der Waals surface area (Å²) in [7, 11) is -15.5. The fourth-order valence-corrected chi connectivity index (χ4v) is 0. The van der Waals surface area contributed by atoms with Gasteiger partial charge in [0.25, 0.3) is 0 Å². The summed E-state index contributed by atoms with van der Waals surface area (Å²) >= 11 is 0. The molecule has 17 nitrogen and oxygen atoms in total. The quantitative estimate of drug-likeness (QED) is 0.236. The molecule has 0 saturated carbocycles. The van der Waals surface area contributed by atoms with E-state index < -0.39 is 31.2 Å². The van der Waals surface area contributed by atoms with Gasteiger partial charge >= 0.3 is 51.7 Å². The van der Waals surface area contributed by atoms with Crippen molar-refractivity contribution >= 4 is 31.2 Å². The molecule has 0 aliphatic carbocycles. The minimum absolute atomic E-state index is 0. The van der Waals surface area contributed by atoms with Gasteiger partial charge in [-0.05, 0) is 0 Å². The van der Waals surface area contributed by atoms with E-state index in [4.69, 9.17) is 52.6 Å². The molecule has 0 aromatic carbocycles. The molecule has 136 valence electrons. The Kier molecular flexibility index (Phi) is 80.7. The molecule has 0 fully saturated rings. The normalized spacial score (nSPS) is 7.91. The molecule has 22 heavy (non-hydrogen) atoms. The van der Waals surface area contributed by atoms with Crippen molar-refractivity contribution in [1.82, 2.24) is 0 Å². The molecule has 0 atom stereocenters. The predicted molar refractivity (Wildman–Crippen MR) is 49.5 cm³/mol. The summed E-state index contributed by atoms with van der Waals surface area (Å²) in [5.41, 5.74) is 0. The third-order valence-corrected chi connectivity index (χ3v) is 0. The summed E-state index contributed by atoms with van der Waals surface area (Å²) in [6.07, 6.45) is 0. The molecule has 0 aromatic rings. The van der Waals surface area contributed by atoms with Gasteiger partial charge in [-0.25, -0.2) is 0 Å². The average molecular weight is 468 g/mol. The number of hydrogen-bond donors (Lipinski definition) is 0. The van der Waals surface area contributed by atoms with Gasteiger partial charge in [0.15, 0.2) is 0 Å². The first kappa shape index (κ1) is 65.7. The Morgan fingerprint density at radius 1 is 0.364 bits per heavy atom. The Balaban J connectivity index is -0.0000000106. The second-order valence-electron chi connectivity index (χ2n) is 1.22. The van der Waals surface area contributed by atoms with Crippen LogP contribution in [0.4, 0.5) is 0 Å². The zero-order valence-corrected chi connectivity index (χ0v) is 15.8. The maximum Gasteiger partial charge on any atom is 3.00 e. The maximum absolute atomic E-state index is 8.52. The van der Waals surface area contributed by atoms with E-state index in [0.717, 1.165) is 0 Å². The van der Waals surface area contributed by atoms with Crippen LogP contribution < -0.4 is 0 Å². The van der Waals surface area contributed by atoms with Crippen LogP contribution in [0, 0.1) is 0 Å². The molecule has 0 unspecified atom stereocenters. The minimum Gasteiger partial charge on any atom is -0.759 e. The zero-order valence-electron chi connectivity index (χ0n) is 9.78. The molecule has 0 heterocycles. The molecule has 10 N–H and O–H groups in total. The van der Waals surface area contributed by atoms with Crippen molar-refractivity contribution in [3.05, 3.63) is 0 Å². The Morgan fingerprint density at radius 3 is 0.364 bits per heavy atom. The average Bonchev–Trinajstić information content (AvgIpc) is 1.41. The van der Waals surface area contributed by atoms with Crippen LogP contribution in [0.1, 0.15) is 0 Å². The SMILES string of the molecule is O.O.O.O.O.O=S(=O)([O-])[O-].O=S(=O)([O-])[O-].O=S(=O)([O-])[O-].[Sc+3].[Sc+3]. The third kappa shape index (κ3) is 6490. The molecule has 0 radical (unpaired) electrons. The van der Waals surface area contributed by atoms with Gasteiger partial charge in [-0.2, -0.15) is 0 Å². The van der Waals surface area contributed by atoms with E-state index in [0.29, 0.717) is 0 Å². The Bertz CT molecular complexity index is 343. The molecule has 0 aliphatic rings. The van der Waals surface area contributed by atoms with Gasteiger partial charge in [-0.15, -0.1) is 0 Å². The van der Waals surface area contributed by atoms with Crippen LogP contribution in [0.2, 0.25) is 0 Å². The second kappa shape index (κ2) is 27.0. The van der Waals surface area contributed by atoms with E-state index in [2.05, 4.69) is 0 Å². The summed E-state index contributed by atoms with van der Waals surface area (Å²) in [4.78, 5) is 0. The van der Waals surface area contributed by atoms with Crippen molar-refractivity contribution in [2.75, 3.05) is 0 Å². The molecular formula is H10O17S3Sc2. The molecule has 22 heteroatoms. The summed E-state index contributed by atoms with van der Waals surface area (Å²) in [6.45, 7) is 0. The topological polar surface area (TPSA) is 398 Å². The third-order valence-electron chi connectivity index (χ3n) is 0. The minimum atomic E-state index is -5.17. The van der Waals surface area contributed by atoms with Crippen LogP contribution in [-0.4, -0.2) is 80.0 Å². The van der Waals surface area contributed by atoms with E-state index in [1.807, 2.05) is 0 Å². The molecule has 0 bridgehead atoms. The zero-order chi connectivity index (χ0) is 13.5. The van der Waals surface area contributed by atoms with Crippen LogP contribution >= 0.6 is 0 Å². The summed E-state index contributed by atoms with van der Waals surface area (Å²) in [5, 5.41) is 0. The number of hydrogen-bond acceptors (Lipinski definition) is 12. The summed E-state index contributed by atoms with van der Waals surface area (Å²) < 4.78 is 102. The van der Waals surface area contributed by atoms with Crippen LogP contribution in [0.3, 0.4) is 0 Å². The van der Waals surface area contributed by atoms with Gasteiger partial charge in [-0.1, -0.05) is 0 Å². The fourth-order valence-electron chi connectivity index (χ4n) is 0. The van der Waals surface area contributed by atoms with E-state index in [9.17, 15) is 0 Å². The van der Waals surface area contributed by atoms with E-state index in [-0.39, 0.29) is 79.1 Å². The monoisotopic (exact) mass is 468 g/mol. The van der Waals surface area contributed by atoms with Crippen LogP contribution in [0.5, 0.6) is 0 Å². The Labute approximate surface area is 162 Å². The molecule has 0 aliphatic heterocycles. The molecule has 0 amide bonds. The van der Waals surface area contributed by atoms with Gasteiger partial charge in [0, 0.05) is 31.2 Å². The summed E-state index contributed by atoms with van der Waals surface area (Å²) in [6, 6.07) is 0. The molecule has 0 spiro atoms. The molecule has 0 rings (SSSR count). The van der Waals surface area contributed by atoms with Crippen molar-refractivity contribution in [3.8, 4) is 0 Å². The smallest absolute Gasteiger partial charge is 0.759 e. The Morgan fingerprint density at radius 2 is 0.364 bits per heavy atom. The first-order valence-electron chi connectivity index (χ1n) is 2.00. The summed E-state index contributed by atoms with van der Waals surface area (Å²) in [5.74, 6) is 0. The van der Waals surface area contributed by atoms with Crippen LogP contribution in [-0.2, 0) is 82.9 Å². The van der Waals surface area contributed by atoms with E-state index in [1.165, 1.54) is 0 Å². The second-order valence-corrected chi connectivity index (χ2v) is 3.67. The number of rotatable bonds is 0. The standard InChI is InChI=1S/3H2O4S.5H2O.2Sc/c3*1-5(2,3)4;;;;;;;/h3*(H2,1,2,3,4);5*1H2;;/q;;;;;;;;2*+3/p-6. The van der Waals surface area contributed by atoms with Crippen LogP contribution in [0.15, 0.2) is 0 Å². The van der Waals surface area contributed by atoms with Gasteiger partial charge in [0.05, 0.1) is 0 Å². The first-order chi connectivity index (χ1) is 6.00. The van der Waals surface area contributed by atoms with Crippen molar-refractivity contribution in [3.63, 3.8) is 0 Å². The predicted octanol–water partition coefficient (Wildman–Crippen LogP) is -8.14. The Hall–Kier alpha value is 1.15. The van der Waals surface area contributed by atoms with Crippen molar-refractivity contribution in [1.29, 1.82) is 0 Å². The molecular weight excluding hydrogens is 458 g/mol. The van der Waals surface area contributed by atoms with Crippen LogP contribution in [0.25, 0.3) is 0 Å². The van der Waals surface area contributed by atoms with Crippen molar-refractivity contribution in [2.24, 2.45) is 0 Å². The fraction of sp³-hybridized carbons (Fsp3) is 0.